The summed E-state index contributed by atoms with van der Waals surface area (Å²) >= 11 is 0. The number of carboxylic acid groups (broad SMARTS) is 1. The second kappa shape index (κ2) is 8.42. The van der Waals surface area contributed by atoms with E-state index in [-0.39, 0.29) is 13.0 Å². The van der Waals surface area contributed by atoms with Crippen LogP contribution in [0.1, 0.15) is 26.3 Å². The van der Waals surface area contributed by atoms with Gasteiger partial charge in [0.05, 0.1) is 20.1 Å². The molecule has 1 aromatic rings. The van der Waals surface area contributed by atoms with Crippen LogP contribution in [0.3, 0.4) is 0 Å². The van der Waals surface area contributed by atoms with Gasteiger partial charge >= 0.3 is 12.1 Å². The highest BCUT2D eigenvalue weighted by molar-refractivity contribution is 5.73. The van der Waals surface area contributed by atoms with Gasteiger partial charge in [0.1, 0.15) is 17.1 Å². The Morgan fingerprint density at radius 3 is 2.38 bits per heavy atom. The molecule has 1 atom stereocenters. The number of methoxy groups -OCH3 is 2. The fourth-order valence-corrected chi connectivity index (χ4v) is 2.07. The first kappa shape index (κ1) is 19.6. The number of hydrogen-bond acceptors (Lipinski definition) is 5. The summed E-state index contributed by atoms with van der Waals surface area (Å²) < 4.78 is 15.5. The molecule has 0 aliphatic rings. The van der Waals surface area contributed by atoms with Gasteiger partial charge in [-0.15, -0.1) is 0 Å². The highest BCUT2D eigenvalue weighted by Gasteiger charge is 2.23. The number of alkyl carbamates (subject to hydrolysis) is 1. The van der Waals surface area contributed by atoms with Crippen LogP contribution in [0.2, 0.25) is 0 Å². The van der Waals surface area contributed by atoms with Crippen LogP contribution in [-0.2, 0) is 16.0 Å². The van der Waals surface area contributed by atoms with Crippen molar-refractivity contribution in [1.82, 2.24) is 5.32 Å². The van der Waals surface area contributed by atoms with Crippen molar-refractivity contribution >= 4 is 12.1 Å². The summed E-state index contributed by atoms with van der Waals surface area (Å²) in [5, 5.41) is 11.9. The first-order chi connectivity index (χ1) is 11.2. The maximum absolute atomic E-state index is 11.7. The summed E-state index contributed by atoms with van der Waals surface area (Å²) in [7, 11) is 3.05. The molecule has 0 heterocycles. The Bertz CT molecular complexity index is 579. The molecule has 0 radical (unpaired) electrons. The minimum atomic E-state index is -1.02. The molecule has 0 spiro atoms. The van der Waals surface area contributed by atoms with E-state index in [1.54, 1.807) is 39.0 Å². The number of nitrogens with one attached hydrogen (secondary N) is 1. The molecule has 1 aromatic carbocycles. The Kier molecular flexibility index (Phi) is 6.88. The molecule has 0 bridgehead atoms. The Hall–Kier alpha value is -2.44. The molecule has 0 saturated heterocycles. The number of hydrogen-bond donors (Lipinski definition) is 2. The molecule has 0 aliphatic carbocycles. The van der Waals surface area contributed by atoms with Gasteiger partial charge < -0.3 is 24.6 Å². The fraction of sp³-hybridized carbons (Fsp3) is 0.529. The van der Waals surface area contributed by atoms with E-state index < -0.39 is 23.6 Å². The summed E-state index contributed by atoms with van der Waals surface area (Å²) in [4.78, 5) is 23.2. The molecule has 0 aliphatic heterocycles. The van der Waals surface area contributed by atoms with Crippen LogP contribution in [-0.4, -0.2) is 43.5 Å². The normalized spacial score (nSPS) is 12.2. The van der Waals surface area contributed by atoms with Crippen LogP contribution < -0.4 is 14.8 Å². The zero-order valence-electron chi connectivity index (χ0n) is 14.7. The van der Waals surface area contributed by atoms with Crippen molar-refractivity contribution in [3.05, 3.63) is 23.8 Å². The second-order valence-electron chi connectivity index (χ2n) is 6.30. The molecule has 134 valence electrons. The minimum absolute atomic E-state index is 0.0510. The number of carboxylic acids is 1. The quantitative estimate of drug-likeness (QED) is 0.792. The Morgan fingerprint density at radius 1 is 1.21 bits per heavy atom. The van der Waals surface area contributed by atoms with E-state index in [0.717, 1.165) is 0 Å². The van der Waals surface area contributed by atoms with Gasteiger partial charge in [0, 0.05) is 6.54 Å². The Labute approximate surface area is 141 Å². The maximum Gasteiger partial charge on any atom is 0.407 e. The Balaban J connectivity index is 2.80. The number of rotatable bonds is 7. The van der Waals surface area contributed by atoms with Gasteiger partial charge in [0.25, 0.3) is 0 Å². The predicted octanol–water partition coefficient (Wildman–Crippen LogP) is 2.47. The molecule has 1 amide bonds. The van der Waals surface area contributed by atoms with E-state index in [2.05, 4.69) is 5.32 Å². The molecular formula is C17H25NO6. The first-order valence-corrected chi connectivity index (χ1v) is 7.57. The molecule has 0 fully saturated rings. The lowest BCUT2D eigenvalue weighted by Crippen LogP contribution is -2.37. The maximum atomic E-state index is 11.7. The lowest BCUT2D eigenvalue weighted by atomic mass is 9.98. The third kappa shape index (κ3) is 6.36. The van der Waals surface area contributed by atoms with Crippen LogP contribution in [0.4, 0.5) is 4.79 Å². The number of aliphatic carboxylic acids is 1. The van der Waals surface area contributed by atoms with Gasteiger partial charge in [-0.05, 0) is 51.0 Å². The first-order valence-electron chi connectivity index (χ1n) is 7.57. The SMILES string of the molecule is COc1ccc(OC)c(CC(CNC(=O)OC(C)(C)C)C(=O)O)c1. The minimum Gasteiger partial charge on any atom is -0.497 e. The fourth-order valence-electron chi connectivity index (χ4n) is 2.07. The number of carbonyl (C=O) groups excluding carboxylic acids is 1. The number of ether oxygens (including phenoxy) is 3. The standard InChI is InChI=1S/C17H25NO6/c1-17(2,3)24-16(21)18-10-12(15(19)20)8-11-9-13(22-4)6-7-14(11)23-5/h6-7,9,12H,8,10H2,1-5H3,(H,18,21)(H,19,20). The van der Waals surface area contributed by atoms with Crippen molar-refractivity contribution in [2.75, 3.05) is 20.8 Å². The van der Waals surface area contributed by atoms with Crippen molar-refractivity contribution in [3.63, 3.8) is 0 Å². The van der Waals surface area contributed by atoms with Crippen molar-refractivity contribution in [2.24, 2.45) is 5.92 Å². The van der Waals surface area contributed by atoms with E-state index in [1.165, 1.54) is 14.2 Å². The van der Waals surface area contributed by atoms with Gasteiger partial charge in [0.2, 0.25) is 0 Å². The molecule has 7 heteroatoms. The summed E-state index contributed by atoms with van der Waals surface area (Å²) in [6.45, 7) is 5.16. The van der Waals surface area contributed by atoms with Gasteiger partial charge in [-0.3, -0.25) is 4.79 Å². The topological polar surface area (TPSA) is 94.1 Å². The summed E-state index contributed by atoms with van der Waals surface area (Å²) in [5.74, 6) is -0.663. The largest absolute Gasteiger partial charge is 0.497 e. The lowest BCUT2D eigenvalue weighted by Gasteiger charge is -2.21. The van der Waals surface area contributed by atoms with Gasteiger partial charge in [-0.2, -0.15) is 0 Å². The van der Waals surface area contributed by atoms with Crippen molar-refractivity contribution < 1.29 is 28.9 Å². The van der Waals surface area contributed by atoms with Crippen LogP contribution in [0.15, 0.2) is 18.2 Å². The smallest absolute Gasteiger partial charge is 0.407 e. The molecule has 2 N–H and O–H groups in total. The van der Waals surface area contributed by atoms with Crippen LogP contribution in [0.25, 0.3) is 0 Å². The molecule has 0 saturated carbocycles. The summed E-state index contributed by atoms with van der Waals surface area (Å²) in [6, 6.07) is 5.17. The number of benzene rings is 1. The third-order valence-electron chi connectivity index (χ3n) is 3.19. The van der Waals surface area contributed by atoms with E-state index in [0.29, 0.717) is 17.1 Å². The average molecular weight is 339 g/mol. The average Bonchev–Trinajstić information content (AvgIpc) is 2.49. The Morgan fingerprint density at radius 2 is 1.88 bits per heavy atom. The molecule has 0 aromatic heterocycles. The van der Waals surface area contributed by atoms with E-state index in [1.807, 2.05) is 0 Å². The van der Waals surface area contributed by atoms with Crippen molar-refractivity contribution in [1.29, 1.82) is 0 Å². The molecule has 24 heavy (non-hydrogen) atoms. The summed E-state index contributed by atoms with van der Waals surface area (Å²) in [6.07, 6.45) is -0.461. The number of amides is 1. The van der Waals surface area contributed by atoms with Crippen molar-refractivity contribution in [2.45, 2.75) is 32.8 Å². The van der Waals surface area contributed by atoms with Crippen LogP contribution >= 0.6 is 0 Å². The summed E-state index contributed by atoms with van der Waals surface area (Å²) in [5.41, 5.74) is 0.0500. The third-order valence-corrected chi connectivity index (χ3v) is 3.19. The van der Waals surface area contributed by atoms with E-state index >= 15 is 0 Å². The highest BCUT2D eigenvalue weighted by atomic mass is 16.6. The van der Waals surface area contributed by atoms with Crippen LogP contribution in [0, 0.1) is 5.92 Å². The molecular weight excluding hydrogens is 314 g/mol. The molecule has 1 unspecified atom stereocenters. The lowest BCUT2D eigenvalue weighted by molar-refractivity contribution is -0.141. The molecule has 1 rings (SSSR count). The van der Waals surface area contributed by atoms with Crippen LogP contribution in [0.5, 0.6) is 11.5 Å². The van der Waals surface area contributed by atoms with Gasteiger partial charge in [-0.1, -0.05) is 0 Å². The van der Waals surface area contributed by atoms with Gasteiger partial charge in [-0.25, -0.2) is 4.79 Å². The monoisotopic (exact) mass is 339 g/mol. The van der Waals surface area contributed by atoms with E-state index in [4.69, 9.17) is 14.2 Å². The predicted molar refractivity (Wildman–Crippen MR) is 88.6 cm³/mol. The van der Waals surface area contributed by atoms with Gasteiger partial charge in [0.15, 0.2) is 0 Å². The zero-order chi connectivity index (χ0) is 18.3. The number of carbonyl (C=O) groups is 2. The van der Waals surface area contributed by atoms with E-state index in [9.17, 15) is 14.7 Å². The second-order valence-corrected chi connectivity index (χ2v) is 6.30. The molecule has 7 nitrogen and oxygen atoms in total. The highest BCUT2D eigenvalue weighted by Crippen LogP contribution is 2.26. The zero-order valence-corrected chi connectivity index (χ0v) is 14.7. The van der Waals surface area contributed by atoms with Crippen molar-refractivity contribution in [3.8, 4) is 11.5 Å².